The van der Waals surface area contributed by atoms with E-state index in [-0.39, 0.29) is 0 Å². The zero-order valence-electron chi connectivity index (χ0n) is 9.26. The van der Waals surface area contributed by atoms with Crippen molar-refractivity contribution >= 4 is 0 Å². The lowest BCUT2D eigenvalue weighted by atomic mass is 9.88. The molecular weight excluding hydrogens is 156 g/mol. The molecule has 0 aromatic heterocycles. The van der Waals surface area contributed by atoms with Crippen LogP contribution in [0, 0.1) is 23.7 Å². The summed E-state index contributed by atoms with van der Waals surface area (Å²) in [5, 5.41) is 0. The van der Waals surface area contributed by atoms with Crippen molar-refractivity contribution in [2.45, 2.75) is 58.8 Å². The first kappa shape index (κ1) is 9.55. The van der Waals surface area contributed by atoms with Gasteiger partial charge in [0.1, 0.15) is 0 Å². The summed E-state index contributed by atoms with van der Waals surface area (Å²) in [7, 11) is 0. The maximum Gasteiger partial charge on any atom is -0.0386 e. The van der Waals surface area contributed by atoms with Crippen molar-refractivity contribution in [2.24, 2.45) is 23.7 Å². The summed E-state index contributed by atoms with van der Waals surface area (Å²) in [6.45, 7) is 4.82. The zero-order valence-corrected chi connectivity index (χ0v) is 9.26. The molecule has 0 radical (unpaired) electrons. The average Bonchev–Trinajstić information content (AvgIpc) is 2.44. The monoisotopic (exact) mass is 180 g/mol. The fraction of sp³-hybridized carbons (Fsp3) is 1.00. The molecule has 0 heteroatoms. The van der Waals surface area contributed by atoms with Crippen molar-refractivity contribution in [3.8, 4) is 0 Å². The van der Waals surface area contributed by atoms with Crippen LogP contribution in [0.5, 0.6) is 0 Å². The maximum atomic E-state index is 2.41. The molecule has 2 saturated carbocycles. The number of hydrogen-bond donors (Lipinski definition) is 0. The molecule has 2 rings (SSSR count). The van der Waals surface area contributed by atoms with E-state index in [1.54, 1.807) is 25.7 Å². The Balaban J connectivity index is 1.91. The second-order valence-electron chi connectivity index (χ2n) is 5.61. The van der Waals surface area contributed by atoms with Gasteiger partial charge >= 0.3 is 0 Å². The van der Waals surface area contributed by atoms with Gasteiger partial charge in [-0.15, -0.1) is 0 Å². The lowest BCUT2D eigenvalue weighted by Gasteiger charge is -2.18. The highest BCUT2D eigenvalue weighted by molar-refractivity contribution is 4.82. The van der Waals surface area contributed by atoms with Crippen LogP contribution in [-0.4, -0.2) is 0 Å². The van der Waals surface area contributed by atoms with Crippen LogP contribution < -0.4 is 0 Å². The van der Waals surface area contributed by atoms with Gasteiger partial charge in [0.15, 0.2) is 0 Å². The largest absolute Gasteiger partial charge is 0.0625 e. The van der Waals surface area contributed by atoms with Gasteiger partial charge in [0.25, 0.3) is 0 Å². The SMILES string of the molecule is CC(C)C1CCC2CCCC2CC1. The summed E-state index contributed by atoms with van der Waals surface area (Å²) < 4.78 is 0. The first-order chi connectivity index (χ1) is 6.27. The highest BCUT2D eigenvalue weighted by Gasteiger charge is 2.31. The van der Waals surface area contributed by atoms with E-state index >= 15 is 0 Å². The number of hydrogen-bond acceptors (Lipinski definition) is 0. The molecule has 0 aliphatic heterocycles. The molecular formula is C13H24. The van der Waals surface area contributed by atoms with Crippen molar-refractivity contribution in [1.29, 1.82) is 0 Å². The van der Waals surface area contributed by atoms with E-state index in [1.807, 2.05) is 0 Å². The summed E-state index contributed by atoms with van der Waals surface area (Å²) in [5.74, 6) is 4.23. The minimum absolute atomic E-state index is 0.929. The van der Waals surface area contributed by atoms with E-state index in [0.29, 0.717) is 0 Å². The normalized spacial score (nSPS) is 40.4. The van der Waals surface area contributed by atoms with Crippen LogP contribution in [0.3, 0.4) is 0 Å². The summed E-state index contributed by atoms with van der Waals surface area (Å²) in [6.07, 6.45) is 10.8. The van der Waals surface area contributed by atoms with Gasteiger partial charge in [-0.3, -0.25) is 0 Å². The summed E-state index contributed by atoms with van der Waals surface area (Å²) >= 11 is 0. The van der Waals surface area contributed by atoms with E-state index in [9.17, 15) is 0 Å². The lowest BCUT2D eigenvalue weighted by molar-refractivity contribution is 0.333. The second-order valence-corrected chi connectivity index (χ2v) is 5.61. The van der Waals surface area contributed by atoms with E-state index in [2.05, 4.69) is 13.8 Å². The molecule has 0 saturated heterocycles. The van der Waals surface area contributed by atoms with Gasteiger partial charge in [-0.25, -0.2) is 0 Å². The molecule has 0 N–H and O–H groups in total. The number of rotatable bonds is 1. The molecule has 2 aliphatic rings. The van der Waals surface area contributed by atoms with Gasteiger partial charge in [-0.2, -0.15) is 0 Å². The average molecular weight is 180 g/mol. The predicted octanol–water partition coefficient (Wildman–Crippen LogP) is 4.25. The highest BCUT2D eigenvalue weighted by Crippen LogP contribution is 2.43. The fourth-order valence-electron chi connectivity index (χ4n) is 3.54. The molecule has 13 heavy (non-hydrogen) atoms. The summed E-state index contributed by atoms with van der Waals surface area (Å²) in [6, 6.07) is 0. The van der Waals surface area contributed by atoms with Crippen LogP contribution in [0.4, 0.5) is 0 Å². The minimum Gasteiger partial charge on any atom is -0.0625 e. The molecule has 2 aliphatic carbocycles. The Labute approximate surface area is 83.1 Å². The van der Waals surface area contributed by atoms with Crippen LogP contribution in [0.15, 0.2) is 0 Å². The minimum atomic E-state index is 0.929. The molecule has 0 aromatic carbocycles. The van der Waals surface area contributed by atoms with Crippen LogP contribution in [-0.2, 0) is 0 Å². The third kappa shape index (κ3) is 2.08. The number of fused-ring (bicyclic) bond motifs is 1. The van der Waals surface area contributed by atoms with E-state index < -0.39 is 0 Å². The van der Waals surface area contributed by atoms with Crippen molar-refractivity contribution in [3.05, 3.63) is 0 Å². The van der Waals surface area contributed by atoms with Crippen LogP contribution in [0.1, 0.15) is 58.8 Å². The van der Waals surface area contributed by atoms with Crippen LogP contribution in [0.2, 0.25) is 0 Å². The Morgan fingerprint density at radius 3 is 1.77 bits per heavy atom. The summed E-state index contributed by atoms with van der Waals surface area (Å²) in [4.78, 5) is 0. The third-order valence-corrected chi connectivity index (χ3v) is 4.58. The lowest BCUT2D eigenvalue weighted by Crippen LogP contribution is -2.07. The highest BCUT2D eigenvalue weighted by atomic mass is 14.4. The Bertz CT molecular complexity index is 145. The molecule has 0 heterocycles. The van der Waals surface area contributed by atoms with Gasteiger partial charge in [0, 0.05) is 0 Å². The smallest absolute Gasteiger partial charge is 0.0386 e. The molecule has 2 atom stereocenters. The van der Waals surface area contributed by atoms with Crippen molar-refractivity contribution in [3.63, 3.8) is 0 Å². The van der Waals surface area contributed by atoms with Gasteiger partial charge in [0.05, 0.1) is 0 Å². The molecule has 0 aromatic rings. The van der Waals surface area contributed by atoms with Crippen LogP contribution in [0.25, 0.3) is 0 Å². The third-order valence-electron chi connectivity index (χ3n) is 4.58. The van der Waals surface area contributed by atoms with Crippen molar-refractivity contribution in [1.82, 2.24) is 0 Å². The summed E-state index contributed by atoms with van der Waals surface area (Å²) in [5.41, 5.74) is 0. The fourth-order valence-corrected chi connectivity index (χ4v) is 3.54. The van der Waals surface area contributed by atoms with Crippen molar-refractivity contribution in [2.75, 3.05) is 0 Å². The first-order valence-corrected chi connectivity index (χ1v) is 6.27. The van der Waals surface area contributed by atoms with Crippen LogP contribution >= 0.6 is 0 Å². The van der Waals surface area contributed by atoms with Crippen molar-refractivity contribution < 1.29 is 0 Å². The molecule has 0 nitrogen and oxygen atoms in total. The Kier molecular flexibility index (Phi) is 2.96. The second kappa shape index (κ2) is 4.02. The Morgan fingerprint density at radius 2 is 1.31 bits per heavy atom. The van der Waals surface area contributed by atoms with E-state index in [4.69, 9.17) is 0 Å². The molecule has 0 spiro atoms. The van der Waals surface area contributed by atoms with E-state index in [1.165, 1.54) is 19.3 Å². The molecule has 76 valence electrons. The standard InChI is InChI=1S/C13H24/c1-10(2)11-6-8-12-4-3-5-13(12)9-7-11/h10-13H,3-9H2,1-2H3. The maximum absolute atomic E-state index is 2.41. The van der Waals surface area contributed by atoms with Gasteiger partial charge in [-0.1, -0.05) is 33.1 Å². The van der Waals surface area contributed by atoms with Gasteiger partial charge in [-0.05, 0) is 49.4 Å². The molecule has 2 fully saturated rings. The predicted molar refractivity (Wildman–Crippen MR) is 57.6 cm³/mol. The quantitative estimate of drug-likeness (QED) is 0.566. The van der Waals surface area contributed by atoms with Gasteiger partial charge < -0.3 is 0 Å². The first-order valence-electron chi connectivity index (χ1n) is 6.27. The Morgan fingerprint density at radius 1 is 0.769 bits per heavy atom. The van der Waals surface area contributed by atoms with Gasteiger partial charge in [0.2, 0.25) is 0 Å². The molecule has 0 amide bonds. The zero-order chi connectivity index (χ0) is 9.26. The van der Waals surface area contributed by atoms with E-state index in [0.717, 1.165) is 23.7 Å². The topological polar surface area (TPSA) is 0 Å². The Hall–Kier alpha value is 0. The molecule has 0 bridgehead atoms. The molecule has 2 unspecified atom stereocenters.